The maximum absolute atomic E-state index is 12.6. The molecular weight excluding hydrogens is 439 g/mol. The Morgan fingerprint density at radius 2 is 1.69 bits per heavy atom. The third-order valence-electron chi connectivity index (χ3n) is 4.67. The van der Waals surface area contributed by atoms with Crippen molar-refractivity contribution in [1.29, 1.82) is 0 Å². The van der Waals surface area contributed by atoms with Crippen molar-refractivity contribution in [1.82, 2.24) is 9.62 Å². The van der Waals surface area contributed by atoms with Gasteiger partial charge in [0.05, 0.1) is 30.8 Å². The van der Waals surface area contributed by atoms with Crippen molar-refractivity contribution in [3.05, 3.63) is 51.5 Å². The van der Waals surface area contributed by atoms with Crippen molar-refractivity contribution < 1.29 is 22.7 Å². The Balaban J connectivity index is 1.71. The highest BCUT2D eigenvalue weighted by atomic mass is 35.5. The van der Waals surface area contributed by atoms with E-state index in [-0.39, 0.29) is 20.8 Å². The molecular formula is C19H20Cl2N2O5S. The van der Waals surface area contributed by atoms with Crippen LogP contribution in [0, 0.1) is 0 Å². The molecule has 0 atom stereocenters. The van der Waals surface area contributed by atoms with Crippen LogP contribution in [-0.4, -0.2) is 46.5 Å². The number of sulfonamides is 1. The van der Waals surface area contributed by atoms with Crippen LogP contribution in [0.15, 0.2) is 35.2 Å². The van der Waals surface area contributed by atoms with Crippen LogP contribution >= 0.6 is 23.2 Å². The molecule has 3 rings (SSSR count). The first-order valence-corrected chi connectivity index (χ1v) is 11.0. The lowest BCUT2D eigenvalue weighted by atomic mass is 9.98. The second-order valence-electron chi connectivity index (χ2n) is 6.42. The number of benzene rings is 2. The molecule has 0 saturated heterocycles. The summed E-state index contributed by atoms with van der Waals surface area (Å²) in [6.07, 6.45) is 0.629. The fraction of sp³-hybridized carbons (Fsp3) is 0.316. The quantitative estimate of drug-likeness (QED) is 0.718. The highest BCUT2D eigenvalue weighted by Gasteiger charge is 2.26. The molecule has 29 heavy (non-hydrogen) atoms. The van der Waals surface area contributed by atoms with Crippen LogP contribution in [-0.2, 0) is 27.8 Å². The van der Waals surface area contributed by atoms with Crippen LogP contribution in [0.4, 0.5) is 0 Å². The Hall–Kier alpha value is -2.00. The molecule has 7 nitrogen and oxygen atoms in total. The van der Waals surface area contributed by atoms with E-state index < -0.39 is 16.6 Å². The standard InChI is InChI=1S/C19H20Cl2N2O5S/c1-27-16-8-12-6-7-23(11-13(12)9-17(16)28-2)18(24)10-22-29(25,26)19-14(20)4-3-5-15(19)21/h3-5,8-9,22H,6-7,10-11H2,1-2H3. The number of nitrogens with one attached hydrogen (secondary N) is 1. The number of hydrogen-bond donors (Lipinski definition) is 1. The first-order chi connectivity index (χ1) is 13.8. The summed E-state index contributed by atoms with van der Waals surface area (Å²) in [5, 5.41) is -0.0178. The molecule has 1 aliphatic heterocycles. The number of amides is 1. The molecule has 1 amide bonds. The number of hydrogen-bond acceptors (Lipinski definition) is 5. The fourth-order valence-corrected chi connectivity index (χ4v) is 5.29. The monoisotopic (exact) mass is 458 g/mol. The van der Waals surface area contributed by atoms with Gasteiger partial charge in [0.2, 0.25) is 15.9 Å². The summed E-state index contributed by atoms with van der Waals surface area (Å²) in [6.45, 7) is 0.422. The van der Waals surface area contributed by atoms with Gasteiger partial charge in [-0.1, -0.05) is 29.3 Å². The van der Waals surface area contributed by atoms with Gasteiger partial charge in [0.15, 0.2) is 11.5 Å². The van der Waals surface area contributed by atoms with Gasteiger partial charge in [0.25, 0.3) is 0 Å². The lowest BCUT2D eigenvalue weighted by Gasteiger charge is -2.29. The molecule has 0 fully saturated rings. The van der Waals surface area contributed by atoms with E-state index in [1.807, 2.05) is 12.1 Å². The largest absolute Gasteiger partial charge is 0.493 e. The van der Waals surface area contributed by atoms with Gasteiger partial charge in [-0.05, 0) is 41.8 Å². The predicted molar refractivity (Wildman–Crippen MR) is 110 cm³/mol. The van der Waals surface area contributed by atoms with Crippen molar-refractivity contribution in [3.63, 3.8) is 0 Å². The van der Waals surface area contributed by atoms with Crippen molar-refractivity contribution in [3.8, 4) is 11.5 Å². The smallest absolute Gasteiger partial charge is 0.244 e. The SMILES string of the molecule is COc1cc2c(cc1OC)CN(C(=O)CNS(=O)(=O)c1c(Cl)cccc1Cl)CC2. The second-order valence-corrected chi connectivity index (χ2v) is 8.93. The van der Waals surface area contributed by atoms with E-state index >= 15 is 0 Å². The number of nitrogens with zero attached hydrogens (tertiary/aromatic N) is 1. The van der Waals surface area contributed by atoms with Crippen LogP contribution in [0.3, 0.4) is 0 Å². The van der Waals surface area contributed by atoms with Crippen molar-refractivity contribution in [2.75, 3.05) is 27.3 Å². The lowest BCUT2D eigenvalue weighted by Crippen LogP contribution is -2.42. The van der Waals surface area contributed by atoms with E-state index in [0.29, 0.717) is 31.0 Å². The van der Waals surface area contributed by atoms with Crippen LogP contribution in [0.25, 0.3) is 0 Å². The summed E-state index contributed by atoms with van der Waals surface area (Å²) >= 11 is 11.9. The van der Waals surface area contributed by atoms with Crippen LogP contribution in [0.1, 0.15) is 11.1 Å². The van der Waals surface area contributed by atoms with Crippen LogP contribution in [0.5, 0.6) is 11.5 Å². The molecule has 0 aliphatic carbocycles. The van der Waals surface area contributed by atoms with E-state index in [2.05, 4.69) is 4.72 Å². The Morgan fingerprint density at radius 3 is 2.28 bits per heavy atom. The molecule has 0 unspecified atom stereocenters. The molecule has 0 bridgehead atoms. The van der Waals surface area contributed by atoms with Gasteiger partial charge in [-0.2, -0.15) is 0 Å². The van der Waals surface area contributed by atoms with E-state index in [4.69, 9.17) is 32.7 Å². The van der Waals surface area contributed by atoms with Gasteiger partial charge in [0.1, 0.15) is 4.90 Å². The minimum Gasteiger partial charge on any atom is -0.493 e. The summed E-state index contributed by atoms with van der Waals surface area (Å²) in [5.41, 5.74) is 1.99. The Bertz CT molecular complexity index is 1020. The molecule has 0 spiro atoms. The third kappa shape index (κ3) is 4.61. The van der Waals surface area contributed by atoms with Gasteiger partial charge in [-0.15, -0.1) is 0 Å². The Labute approximate surface area is 179 Å². The molecule has 0 radical (unpaired) electrons. The van der Waals surface area contributed by atoms with Crippen LogP contribution in [0.2, 0.25) is 10.0 Å². The van der Waals surface area contributed by atoms with Crippen molar-refractivity contribution >= 4 is 39.1 Å². The molecule has 2 aromatic carbocycles. The average Bonchev–Trinajstić information content (AvgIpc) is 2.70. The molecule has 10 heteroatoms. The molecule has 156 valence electrons. The van der Waals surface area contributed by atoms with Crippen molar-refractivity contribution in [2.45, 2.75) is 17.9 Å². The number of halogens is 2. The van der Waals surface area contributed by atoms with E-state index in [9.17, 15) is 13.2 Å². The zero-order valence-corrected chi connectivity index (χ0v) is 18.2. The maximum Gasteiger partial charge on any atom is 0.244 e. The molecule has 2 aromatic rings. The highest BCUT2D eigenvalue weighted by molar-refractivity contribution is 7.89. The maximum atomic E-state index is 12.6. The number of carbonyl (C=O) groups excluding carboxylic acids is 1. The number of rotatable bonds is 6. The minimum atomic E-state index is -4.03. The number of methoxy groups -OCH3 is 2. The molecule has 0 saturated carbocycles. The molecule has 0 aromatic heterocycles. The van der Waals surface area contributed by atoms with Gasteiger partial charge < -0.3 is 14.4 Å². The lowest BCUT2D eigenvalue weighted by molar-refractivity contribution is -0.130. The minimum absolute atomic E-state index is 0.00890. The van der Waals surface area contributed by atoms with Crippen molar-refractivity contribution in [2.24, 2.45) is 0 Å². The molecule has 1 heterocycles. The summed E-state index contributed by atoms with van der Waals surface area (Å²) in [7, 11) is -0.918. The molecule has 1 aliphatic rings. The molecule has 1 N–H and O–H groups in total. The fourth-order valence-electron chi connectivity index (χ4n) is 3.18. The number of carbonyl (C=O) groups is 1. The second kappa shape index (κ2) is 8.79. The van der Waals surface area contributed by atoms with E-state index in [1.54, 1.807) is 25.2 Å². The third-order valence-corrected chi connectivity index (χ3v) is 7.03. The van der Waals surface area contributed by atoms with Crippen LogP contribution < -0.4 is 14.2 Å². The van der Waals surface area contributed by atoms with Gasteiger partial charge >= 0.3 is 0 Å². The first kappa shape index (κ1) is 21.7. The van der Waals surface area contributed by atoms with Gasteiger partial charge in [-0.25, -0.2) is 13.1 Å². The van der Waals surface area contributed by atoms with E-state index in [0.717, 1.165) is 11.1 Å². The summed E-state index contributed by atoms with van der Waals surface area (Å²) < 4.78 is 38.0. The summed E-state index contributed by atoms with van der Waals surface area (Å²) in [5.74, 6) is 0.863. The van der Waals surface area contributed by atoms with E-state index in [1.165, 1.54) is 12.1 Å². The number of fused-ring (bicyclic) bond motifs is 1. The number of ether oxygens (including phenoxy) is 2. The summed E-state index contributed by atoms with van der Waals surface area (Å²) in [4.78, 5) is 14.0. The average molecular weight is 459 g/mol. The Morgan fingerprint density at radius 1 is 1.10 bits per heavy atom. The van der Waals surface area contributed by atoms with Gasteiger partial charge in [0, 0.05) is 13.1 Å². The van der Waals surface area contributed by atoms with Gasteiger partial charge in [-0.3, -0.25) is 4.79 Å². The highest BCUT2D eigenvalue weighted by Crippen LogP contribution is 2.33. The normalized spacial score (nSPS) is 13.7. The zero-order chi connectivity index (χ0) is 21.2. The Kier molecular flexibility index (Phi) is 6.58. The zero-order valence-electron chi connectivity index (χ0n) is 15.9. The topological polar surface area (TPSA) is 84.9 Å². The summed E-state index contributed by atoms with van der Waals surface area (Å²) in [6, 6.07) is 8.13. The predicted octanol–water partition coefficient (Wildman–Crippen LogP) is 2.87. The first-order valence-electron chi connectivity index (χ1n) is 8.72.